The van der Waals surface area contributed by atoms with E-state index in [2.05, 4.69) is 15.9 Å². The second-order valence-electron chi connectivity index (χ2n) is 7.27. The van der Waals surface area contributed by atoms with Gasteiger partial charge in [-0.3, -0.25) is 19.2 Å². The molecule has 0 N–H and O–H groups in total. The Bertz CT molecular complexity index is 951. The molecule has 0 radical (unpaired) electrons. The highest BCUT2D eigenvalue weighted by Gasteiger charge is 2.40. The van der Waals surface area contributed by atoms with Gasteiger partial charge in [-0.15, -0.1) is 0 Å². The van der Waals surface area contributed by atoms with Crippen molar-refractivity contribution < 1.29 is 19.2 Å². The lowest BCUT2D eigenvalue weighted by atomic mass is 9.95. The number of hydroxylamine groups is 2. The number of benzene rings is 2. The smallest absolute Gasteiger partial charge is 0.266 e. The van der Waals surface area contributed by atoms with Crippen LogP contribution in [-0.2, 0) is 16.2 Å². The molecule has 0 unspecified atom stereocenters. The zero-order valence-electron chi connectivity index (χ0n) is 14.9. The zero-order chi connectivity index (χ0) is 19.3. The van der Waals surface area contributed by atoms with E-state index in [1.807, 2.05) is 13.8 Å². The van der Waals surface area contributed by atoms with Gasteiger partial charge in [-0.2, -0.15) is 0 Å². The number of nitrogens with zero attached hydrogens (tertiary/aromatic N) is 2. The fourth-order valence-corrected chi connectivity index (χ4v) is 3.69. The van der Waals surface area contributed by atoms with E-state index in [1.165, 1.54) is 9.96 Å². The molecular weight excluding hydrogens is 412 g/mol. The molecule has 7 heteroatoms. The first-order valence-corrected chi connectivity index (χ1v) is 9.30. The molecule has 0 aromatic heterocycles. The van der Waals surface area contributed by atoms with Crippen LogP contribution in [0.25, 0.3) is 0 Å². The predicted molar refractivity (Wildman–Crippen MR) is 102 cm³/mol. The highest BCUT2D eigenvalue weighted by Crippen LogP contribution is 2.33. The average Bonchev–Trinajstić information content (AvgIpc) is 3.05. The van der Waals surface area contributed by atoms with E-state index in [0.29, 0.717) is 27.9 Å². The van der Waals surface area contributed by atoms with Gasteiger partial charge in [0.15, 0.2) is 0 Å². The lowest BCUT2D eigenvalue weighted by molar-refractivity contribution is -0.165. The third-order valence-corrected chi connectivity index (χ3v) is 5.53. The Morgan fingerprint density at radius 3 is 2.19 bits per heavy atom. The molecule has 0 atom stereocenters. The maximum atomic E-state index is 12.6. The largest absolute Gasteiger partial charge is 0.272 e. The summed E-state index contributed by atoms with van der Waals surface area (Å²) < 4.78 is 0.692. The van der Waals surface area contributed by atoms with Crippen molar-refractivity contribution in [2.75, 3.05) is 11.5 Å². The molecule has 6 nitrogen and oxygen atoms in total. The Morgan fingerprint density at radius 2 is 1.67 bits per heavy atom. The molecule has 2 heterocycles. The SMILES string of the molecule is CC1(C)CON(Cc2ccc(N3C(=O)c4ccccc4C3=O)cc2Br)C1=O. The summed E-state index contributed by atoms with van der Waals surface area (Å²) in [6.07, 6.45) is 0. The minimum Gasteiger partial charge on any atom is -0.272 e. The van der Waals surface area contributed by atoms with E-state index in [1.54, 1.807) is 42.5 Å². The highest BCUT2D eigenvalue weighted by molar-refractivity contribution is 9.10. The summed E-state index contributed by atoms with van der Waals surface area (Å²) in [5.74, 6) is -0.746. The number of hydrogen-bond donors (Lipinski definition) is 0. The van der Waals surface area contributed by atoms with Crippen LogP contribution in [0, 0.1) is 5.41 Å². The summed E-state index contributed by atoms with van der Waals surface area (Å²) in [5.41, 5.74) is 1.57. The van der Waals surface area contributed by atoms with Crippen LogP contribution in [0.3, 0.4) is 0 Å². The normalized spacial score (nSPS) is 18.4. The summed E-state index contributed by atoms with van der Waals surface area (Å²) in [5, 5.41) is 1.35. The summed E-state index contributed by atoms with van der Waals surface area (Å²) >= 11 is 3.48. The van der Waals surface area contributed by atoms with E-state index in [4.69, 9.17) is 4.84 Å². The van der Waals surface area contributed by atoms with E-state index in [9.17, 15) is 14.4 Å². The van der Waals surface area contributed by atoms with Crippen LogP contribution in [0.5, 0.6) is 0 Å². The van der Waals surface area contributed by atoms with Crippen LogP contribution < -0.4 is 4.90 Å². The van der Waals surface area contributed by atoms with Crippen molar-refractivity contribution in [1.29, 1.82) is 0 Å². The number of anilines is 1. The molecule has 2 aliphatic heterocycles. The quantitative estimate of drug-likeness (QED) is 0.701. The molecule has 138 valence electrons. The molecular formula is C20H17BrN2O4. The summed E-state index contributed by atoms with van der Waals surface area (Å²) in [7, 11) is 0. The van der Waals surface area contributed by atoms with Gasteiger partial charge in [0.1, 0.15) is 0 Å². The molecule has 27 heavy (non-hydrogen) atoms. The minimum atomic E-state index is -0.535. The van der Waals surface area contributed by atoms with Crippen molar-refractivity contribution >= 4 is 39.3 Å². The van der Waals surface area contributed by atoms with Crippen molar-refractivity contribution in [3.05, 3.63) is 63.6 Å². The Morgan fingerprint density at radius 1 is 1.04 bits per heavy atom. The molecule has 2 aliphatic rings. The Labute approximate surface area is 164 Å². The van der Waals surface area contributed by atoms with Gasteiger partial charge in [0.2, 0.25) is 0 Å². The Kier molecular flexibility index (Phi) is 4.16. The Hall–Kier alpha value is -2.51. The number of imide groups is 1. The van der Waals surface area contributed by atoms with E-state index in [-0.39, 0.29) is 24.3 Å². The van der Waals surface area contributed by atoms with Crippen LogP contribution in [0.1, 0.15) is 40.1 Å². The highest BCUT2D eigenvalue weighted by atomic mass is 79.9. The maximum Gasteiger partial charge on any atom is 0.266 e. The number of carbonyl (C=O) groups is 3. The van der Waals surface area contributed by atoms with Crippen molar-refractivity contribution in [2.24, 2.45) is 5.41 Å². The lowest BCUT2D eigenvalue weighted by Gasteiger charge is -2.19. The number of halogens is 1. The van der Waals surface area contributed by atoms with Crippen molar-refractivity contribution in [2.45, 2.75) is 20.4 Å². The fourth-order valence-electron chi connectivity index (χ4n) is 3.20. The van der Waals surface area contributed by atoms with E-state index < -0.39 is 5.41 Å². The van der Waals surface area contributed by atoms with Gasteiger partial charge < -0.3 is 0 Å². The molecule has 3 amide bonds. The van der Waals surface area contributed by atoms with Crippen molar-refractivity contribution in [1.82, 2.24) is 5.06 Å². The second kappa shape index (κ2) is 6.28. The molecule has 0 saturated carbocycles. The van der Waals surface area contributed by atoms with Crippen LogP contribution in [0.4, 0.5) is 5.69 Å². The van der Waals surface area contributed by atoms with Gasteiger partial charge >= 0.3 is 0 Å². The van der Waals surface area contributed by atoms with Gasteiger partial charge in [-0.05, 0) is 43.7 Å². The molecule has 1 saturated heterocycles. The average molecular weight is 429 g/mol. The number of carbonyl (C=O) groups excluding carboxylic acids is 3. The first kappa shape index (κ1) is 17.9. The first-order chi connectivity index (χ1) is 12.8. The van der Waals surface area contributed by atoms with Crippen LogP contribution in [0.2, 0.25) is 0 Å². The van der Waals surface area contributed by atoms with Gasteiger partial charge in [0.25, 0.3) is 17.7 Å². The minimum absolute atomic E-state index is 0.0705. The number of fused-ring (bicyclic) bond motifs is 1. The molecule has 4 rings (SSSR count). The van der Waals surface area contributed by atoms with Gasteiger partial charge in [-0.1, -0.05) is 34.1 Å². The predicted octanol–water partition coefficient (Wildman–Crippen LogP) is 3.55. The first-order valence-electron chi connectivity index (χ1n) is 8.51. The summed E-state index contributed by atoms with van der Waals surface area (Å²) in [6, 6.07) is 12.0. The molecule has 0 spiro atoms. The van der Waals surface area contributed by atoms with Crippen LogP contribution in [0.15, 0.2) is 46.9 Å². The summed E-state index contributed by atoms with van der Waals surface area (Å²) in [4.78, 5) is 44.2. The third kappa shape index (κ3) is 2.87. The van der Waals surface area contributed by atoms with Gasteiger partial charge in [-0.25, -0.2) is 9.96 Å². The summed E-state index contributed by atoms with van der Waals surface area (Å²) in [6.45, 7) is 4.31. The fraction of sp³-hybridized carbons (Fsp3) is 0.250. The monoisotopic (exact) mass is 428 g/mol. The second-order valence-corrected chi connectivity index (χ2v) is 8.12. The van der Waals surface area contributed by atoms with Gasteiger partial charge in [0, 0.05) is 4.47 Å². The number of hydrogen-bond acceptors (Lipinski definition) is 4. The van der Waals surface area contributed by atoms with E-state index in [0.717, 1.165) is 5.56 Å². The lowest BCUT2D eigenvalue weighted by Crippen LogP contribution is -2.31. The Balaban J connectivity index is 1.59. The van der Waals surface area contributed by atoms with Crippen LogP contribution >= 0.6 is 15.9 Å². The van der Waals surface area contributed by atoms with E-state index >= 15 is 0 Å². The maximum absolute atomic E-state index is 12.6. The molecule has 2 aromatic rings. The molecule has 0 bridgehead atoms. The number of rotatable bonds is 3. The molecule has 2 aromatic carbocycles. The number of amides is 3. The molecule has 0 aliphatic carbocycles. The standard InChI is InChI=1S/C20H17BrN2O4/c1-20(2)11-27-22(19(20)26)10-12-7-8-13(9-16(12)21)23-17(24)14-5-3-4-6-15(14)18(23)25/h3-9H,10-11H2,1-2H3. The van der Waals surface area contributed by atoms with Gasteiger partial charge in [0.05, 0.1) is 35.4 Å². The van der Waals surface area contributed by atoms with Crippen LogP contribution in [-0.4, -0.2) is 29.4 Å². The van der Waals surface area contributed by atoms with Crippen molar-refractivity contribution in [3.8, 4) is 0 Å². The topological polar surface area (TPSA) is 66.9 Å². The zero-order valence-corrected chi connectivity index (χ0v) is 16.4. The van der Waals surface area contributed by atoms with Crippen molar-refractivity contribution in [3.63, 3.8) is 0 Å². The third-order valence-electron chi connectivity index (χ3n) is 4.79. The molecule has 1 fully saturated rings.